The molecular formula is C15H18BrN3. The van der Waals surface area contributed by atoms with Crippen LogP contribution in [0.1, 0.15) is 37.1 Å². The topological polar surface area (TPSA) is 29.9 Å². The lowest BCUT2D eigenvalue weighted by Crippen LogP contribution is -2.16. The van der Waals surface area contributed by atoms with E-state index in [2.05, 4.69) is 55.9 Å². The monoisotopic (exact) mass is 319 g/mol. The number of hydrogen-bond acceptors (Lipinski definition) is 2. The fourth-order valence-electron chi connectivity index (χ4n) is 2.77. The molecule has 1 aromatic heterocycles. The van der Waals surface area contributed by atoms with Gasteiger partial charge in [0.05, 0.1) is 23.9 Å². The lowest BCUT2D eigenvalue weighted by atomic mass is 10.1. The molecule has 2 heterocycles. The molecule has 0 aliphatic carbocycles. The molecule has 0 saturated carbocycles. The highest BCUT2D eigenvalue weighted by atomic mass is 79.9. The smallest absolute Gasteiger partial charge is 0.0994 e. The Kier molecular flexibility index (Phi) is 3.71. The Balaban J connectivity index is 2.04. The average Bonchev–Trinajstić information content (AvgIpc) is 3.08. The van der Waals surface area contributed by atoms with Crippen molar-refractivity contribution in [1.29, 1.82) is 0 Å². The molecule has 0 unspecified atom stereocenters. The first-order chi connectivity index (χ1) is 9.29. The molecule has 1 atom stereocenters. The maximum atomic E-state index is 4.35. The average molecular weight is 320 g/mol. The standard InChI is InChI=1S/C15H18BrN3/c1-2-11-8-12(16)5-6-14(11)19-10-17-9-15(19)13-4-3-7-18-13/h5-6,8-10,13,18H,2-4,7H2,1H3/t13-/m0/s1. The van der Waals surface area contributed by atoms with Gasteiger partial charge in [0.25, 0.3) is 0 Å². The van der Waals surface area contributed by atoms with Crippen LogP contribution >= 0.6 is 15.9 Å². The van der Waals surface area contributed by atoms with E-state index < -0.39 is 0 Å². The number of rotatable bonds is 3. The van der Waals surface area contributed by atoms with Crippen molar-refractivity contribution in [1.82, 2.24) is 14.9 Å². The van der Waals surface area contributed by atoms with Gasteiger partial charge in [-0.25, -0.2) is 4.98 Å². The zero-order chi connectivity index (χ0) is 13.2. The van der Waals surface area contributed by atoms with Crippen LogP contribution in [0.15, 0.2) is 35.2 Å². The Morgan fingerprint density at radius 2 is 2.37 bits per heavy atom. The van der Waals surface area contributed by atoms with E-state index >= 15 is 0 Å². The van der Waals surface area contributed by atoms with Crippen LogP contribution in [0.3, 0.4) is 0 Å². The summed E-state index contributed by atoms with van der Waals surface area (Å²) in [6.07, 6.45) is 7.38. The molecule has 0 radical (unpaired) electrons. The van der Waals surface area contributed by atoms with Gasteiger partial charge in [0, 0.05) is 10.5 Å². The number of nitrogens with one attached hydrogen (secondary N) is 1. The van der Waals surface area contributed by atoms with Crippen molar-refractivity contribution in [3.8, 4) is 5.69 Å². The van der Waals surface area contributed by atoms with Crippen LogP contribution in [0.4, 0.5) is 0 Å². The van der Waals surface area contributed by atoms with Crippen molar-refractivity contribution in [3.05, 3.63) is 46.5 Å². The van der Waals surface area contributed by atoms with E-state index in [-0.39, 0.29) is 0 Å². The SMILES string of the molecule is CCc1cc(Br)ccc1-n1cncc1[C@@H]1CCCN1. The summed E-state index contributed by atoms with van der Waals surface area (Å²) in [4.78, 5) is 4.35. The van der Waals surface area contributed by atoms with Gasteiger partial charge < -0.3 is 9.88 Å². The van der Waals surface area contributed by atoms with Gasteiger partial charge in [0.15, 0.2) is 0 Å². The van der Waals surface area contributed by atoms with Crippen molar-refractivity contribution in [2.75, 3.05) is 6.54 Å². The molecule has 3 nitrogen and oxygen atoms in total. The highest BCUT2D eigenvalue weighted by Crippen LogP contribution is 2.27. The first-order valence-corrected chi connectivity index (χ1v) is 7.63. The molecule has 1 aliphatic heterocycles. The highest BCUT2D eigenvalue weighted by Gasteiger charge is 2.20. The molecular weight excluding hydrogens is 302 g/mol. The summed E-state index contributed by atoms with van der Waals surface area (Å²) in [5.74, 6) is 0. The molecule has 19 heavy (non-hydrogen) atoms. The van der Waals surface area contributed by atoms with Crippen LogP contribution in [0.25, 0.3) is 5.69 Å². The number of imidazole rings is 1. The number of benzene rings is 1. The summed E-state index contributed by atoms with van der Waals surface area (Å²) < 4.78 is 3.36. The lowest BCUT2D eigenvalue weighted by Gasteiger charge is -2.16. The van der Waals surface area contributed by atoms with Crippen LogP contribution in [-0.4, -0.2) is 16.1 Å². The van der Waals surface area contributed by atoms with E-state index in [1.807, 2.05) is 12.5 Å². The Labute approximate surface area is 122 Å². The summed E-state index contributed by atoms with van der Waals surface area (Å²) in [7, 11) is 0. The summed E-state index contributed by atoms with van der Waals surface area (Å²) in [6.45, 7) is 3.30. The molecule has 0 bridgehead atoms. The molecule has 2 aromatic rings. The second-order valence-corrected chi connectivity index (χ2v) is 5.88. The Hall–Kier alpha value is -1.13. The molecule has 0 amide bonds. The van der Waals surface area contributed by atoms with Crippen LogP contribution in [0, 0.1) is 0 Å². The summed E-state index contributed by atoms with van der Waals surface area (Å²) >= 11 is 3.55. The Morgan fingerprint density at radius 3 is 3.11 bits per heavy atom. The summed E-state index contributed by atoms with van der Waals surface area (Å²) in [5, 5.41) is 3.55. The third-order valence-electron chi connectivity index (χ3n) is 3.77. The normalized spacial score (nSPS) is 18.9. The van der Waals surface area contributed by atoms with Gasteiger partial charge in [-0.2, -0.15) is 0 Å². The zero-order valence-corrected chi connectivity index (χ0v) is 12.7. The zero-order valence-electron chi connectivity index (χ0n) is 11.1. The first-order valence-electron chi connectivity index (χ1n) is 6.84. The van der Waals surface area contributed by atoms with Crippen molar-refractivity contribution >= 4 is 15.9 Å². The quantitative estimate of drug-likeness (QED) is 0.936. The van der Waals surface area contributed by atoms with Gasteiger partial charge in [-0.1, -0.05) is 22.9 Å². The maximum absolute atomic E-state index is 4.35. The van der Waals surface area contributed by atoms with Crippen LogP contribution < -0.4 is 5.32 Å². The van der Waals surface area contributed by atoms with E-state index in [1.54, 1.807) is 0 Å². The highest BCUT2D eigenvalue weighted by molar-refractivity contribution is 9.10. The number of aryl methyl sites for hydroxylation is 1. The van der Waals surface area contributed by atoms with E-state index in [0.717, 1.165) is 17.4 Å². The third-order valence-corrected chi connectivity index (χ3v) is 4.26. The van der Waals surface area contributed by atoms with E-state index in [1.165, 1.54) is 29.8 Å². The predicted molar refractivity (Wildman–Crippen MR) is 80.6 cm³/mol. The number of hydrogen-bond donors (Lipinski definition) is 1. The van der Waals surface area contributed by atoms with Gasteiger partial charge >= 0.3 is 0 Å². The molecule has 1 fully saturated rings. The molecule has 3 rings (SSSR count). The Morgan fingerprint density at radius 1 is 1.47 bits per heavy atom. The second kappa shape index (κ2) is 5.47. The van der Waals surface area contributed by atoms with Gasteiger partial charge in [-0.05, 0) is 49.6 Å². The Bertz CT molecular complexity index is 571. The maximum Gasteiger partial charge on any atom is 0.0994 e. The minimum atomic E-state index is 0.441. The van der Waals surface area contributed by atoms with Gasteiger partial charge in [0.2, 0.25) is 0 Å². The number of halogens is 1. The molecule has 1 N–H and O–H groups in total. The van der Waals surface area contributed by atoms with Crippen LogP contribution in [-0.2, 0) is 6.42 Å². The van der Waals surface area contributed by atoms with Crippen molar-refractivity contribution in [2.45, 2.75) is 32.2 Å². The van der Waals surface area contributed by atoms with E-state index in [4.69, 9.17) is 0 Å². The molecule has 1 aromatic carbocycles. The van der Waals surface area contributed by atoms with Crippen LogP contribution in [0.2, 0.25) is 0 Å². The van der Waals surface area contributed by atoms with E-state index in [9.17, 15) is 0 Å². The molecule has 4 heteroatoms. The first kappa shape index (κ1) is 12.9. The molecule has 0 spiro atoms. The minimum Gasteiger partial charge on any atom is -0.309 e. The number of aromatic nitrogens is 2. The fraction of sp³-hybridized carbons (Fsp3) is 0.400. The molecule has 100 valence electrons. The van der Waals surface area contributed by atoms with E-state index in [0.29, 0.717) is 6.04 Å². The third kappa shape index (κ3) is 2.47. The summed E-state index contributed by atoms with van der Waals surface area (Å²) in [6, 6.07) is 6.90. The van der Waals surface area contributed by atoms with Gasteiger partial charge in [-0.15, -0.1) is 0 Å². The largest absolute Gasteiger partial charge is 0.309 e. The molecule has 1 aliphatic rings. The van der Waals surface area contributed by atoms with Crippen LogP contribution in [0.5, 0.6) is 0 Å². The van der Waals surface area contributed by atoms with Gasteiger partial charge in [0.1, 0.15) is 0 Å². The van der Waals surface area contributed by atoms with Crippen molar-refractivity contribution in [2.24, 2.45) is 0 Å². The second-order valence-electron chi connectivity index (χ2n) is 4.96. The number of nitrogens with zero attached hydrogens (tertiary/aromatic N) is 2. The summed E-state index contributed by atoms with van der Waals surface area (Å²) in [5.41, 5.74) is 3.85. The minimum absolute atomic E-state index is 0.441. The fourth-order valence-corrected chi connectivity index (χ4v) is 3.18. The van der Waals surface area contributed by atoms with Gasteiger partial charge in [-0.3, -0.25) is 0 Å². The predicted octanol–water partition coefficient (Wildman–Crippen LogP) is 3.62. The molecule has 1 saturated heterocycles. The van der Waals surface area contributed by atoms with Crippen molar-refractivity contribution in [3.63, 3.8) is 0 Å². The van der Waals surface area contributed by atoms with Crippen molar-refractivity contribution < 1.29 is 0 Å². The lowest BCUT2D eigenvalue weighted by molar-refractivity contribution is 0.614.